The topological polar surface area (TPSA) is 29.1 Å². The molecule has 2 aromatic carbocycles. The van der Waals surface area contributed by atoms with Gasteiger partial charge in [-0.1, -0.05) is 56.3 Å². The van der Waals surface area contributed by atoms with Crippen LogP contribution < -0.4 is 5.32 Å². The molecule has 0 unspecified atom stereocenters. The second-order valence-electron chi connectivity index (χ2n) is 6.16. The van der Waals surface area contributed by atoms with E-state index in [9.17, 15) is 9.18 Å². The number of rotatable bonds is 6. The van der Waals surface area contributed by atoms with Gasteiger partial charge in [-0.25, -0.2) is 4.39 Å². The molecule has 0 fully saturated rings. The molecule has 0 aliphatic carbocycles. The summed E-state index contributed by atoms with van der Waals surface area (Å²) in [7, 11) is 0. The van der Waals surface area contributed by atoms with Crippen molar-refractivity contribution in [3.05, 3.63) is 71.5 Å². The maximum Gasteiger partial charge on any atom is 0.220 e. The van der Waals surface area contributed by atoms with Gasteiger partial charge in [-0.2, -0.15) is 0 Å². The molecule has 1 amide bonds. The van der Waals surface area contributed by atoms with Crippen LogP contribution in [0.5, 0.6) is 0 Å². The summed E-state index contributed by atoms with van der Waals surface area (Å²) in [5.41, 5.74) is 1.92. The Morgan fingerprint density at radius 1 is 1.09 bits per heavy atom. The van der Waals surface area contributed by atoms with Crippen molar-refractivity contribution in [2.45, 2.75) is 32.1 Å². The number of amides is 1. The molecule has 0 saturated heterocycles. The van der Waals surface area contributed by atoms with Crippen molar-refractivity contribution >= 4 is 5.91 Å². The van der Waals surface area contributed by atoms with E-state index in [2.05, 4.69) is 31.3 Å². The molecule has 2 rings (SSSR count). The van der Waals surface area contributed by atoms with Gasteiger partial charge in [0, 0.05) is 18.4 Å². The highest BCUT2D eigenvalue weighted by Gasteiger charge is 2.20. The third-order valence-corrected chi connectivity index (χ3v) is 3.81. The molecule has 0 bridgehead atoms. The fourth-order valence-corrected chi connectivity index (χ4v) is 2.35. The SMILES string of the molecule is CC(C)(CNC(=O)CCc1cccc(F)c1)c1ccccc1. The Bertz CT molecular complexity index is 622. The summed E-state index contributed by atoms with van der Waals surface area (Å²) in [4.78, 5) is 12.0. The molecule has 116 valence electrons. The first-order chi connectivity index (χ1) is 10.5. The smallest absolute Gasteiger partial charge is 0.220 e. The molecule has 0 heterocycles. The number of halogens is 1. The third-order valence-electron chi connectivity index (χ3n) is 3.81. The van der Waals surface area contributed by atoms with Crippen LogP contribution in [0.2, 0.25) is 0 Å². The van der Waals surface area contributed by atoms with Gasteiger partial charge in [-0.3, -0.25) is 4.79 Å². The highest BCUT2D eigenvalue weighted by Crippen LogP contribution is 2.21. The largest absolute Gasteiger partial charge is 0.355 e. The molecule has 0 radical (unpaired) electrons. The van der Waals surface area contributed by atoms with Gasteiger partial charge in [-0.05, 0) is 29.7 Å². The third kappa shape index (κ3) is 4.69. The Morgan fingerprint density at radius 3 is 2.50 bits per heavy atom. The molecule has 0 saturated carbocycles. The van der Waals surface area contributed by atoms with E-state index in [0.717, 1.165) is 5.56 Å². The zero-order valence-electron chi connectivity index (χ0n) is 13.1. The fraction of sp³-hybridized carbons (Fsp3) is 0.316. The summed E-state index contributed by atoms with van der Waals surface area (Å²) in [6, 6.07) is 16.5. The van der Waals surface area contributed by atoms with Gasteiger partial charge in [0.15, 0.2) is 0 Å². The molecular formula is C19H22FNO. The average molecular weight is 299 g/mol. The van der Waals surface area contributed by atoms with Crippen LogP contribution in [0.1, 0.15) is 31.4 Å². The maximum atomic E-state index is 13.1. The second kappa shape index (κ2) is 7.21. The monoisotopic (exact) mass is 299 g/mol. The van der Waals surface area contributed by atoms with Crippen LogP contribution in [-0.4, -0.2) is 12.5 Å². The Kier molecular flexibility index (Phi) is 5.31. The first-order valence-electron chi connectivity index (χ1n) is 7.54. The van der Waals surface area contributed by atoms with Crippen molar-refractivity contribution < 1.29 is 9.18 Å². The normalized spacial score (nSPS) is 11.2. The second-order valence-corrected chi connectivity index (χ2v) is 6.16. The Morgan fingerprint density at radius 2 is 1.82 bits per heavy atom. The maximum absolute atomic E-state index is 13.1. The van der Waals surface area contributed by atoms with E-state index in [1.54, 1.807) is 6.07 Å². The lowest BCUT2D eigenvalue weighted by Gasteiger charge is -2.25. The van der Waals surface area contributed by atoms with Crippen molar-refractivity contribution in [2.24, 2.45) is 0 Å². The molecule has 1 N–H and O–H groups in total. The molecule has 0 aromatic heterocycles. The van der Waals surface area contributed by atoms with Crippen molar-refractivity contribution in [3.63, 3.8) is 0 Å². The van der Waals surface area contributed by atoms with Gasteiger partial charge < -0.3 is 5.32 Å². The van der Waals surface area contributed by atoms with E-state index in [4.69, 9.17) is 0 Å². The summed E-state index contributed by atoms with van der Waals surface area (Å²) in [5, 5.41) is 2.97. The fourth-order valence-electron chi connectivity index (χ4n) is 2.35. The highest BCUT2D eigenvalue weighted by atomic mass is 19.1. The molecule has 0 aliphatic rings. The van der Waals surface area contributed by atoms with Crippen LogP contribution >= 0.6 is 0 Å². The summed E-state index contributed by atoms with van der Waals surface area (Å²) in [5.74, 6) is -0.267. The molecule has 22 heavy (non-hydrogen) atoms. The minimum Gasteiger partial charge on any atom is -0.355 e. The predicted molar refractivity (Wildman–Crippen MR) is 87.2 cm³/mol. The van der Waals surface area contributed by atoms with Gasteiger partial charge in [0.1, 0.15) is 5.82 Å². The first kappa shape index (κ1) is 16.2. The van der Waals surface area contributed by atoms with Crippen LogP contribution in [0, 0.1) is 5.82 Å². The van der Waals surface area contributed by atoms with Gasteiger partial charge in [0.2, 0.25) is 5.91 Å². The molecule has 3 heteroatoms. The molecule has 0 aliphatic heterocycles. The molecule has 2 nitrogen and oxygen atoms in total. The highest BCUT2D eigenvalue weighted by molar-refractivity contribution is 5.76. The minimum absolute atomic E-state index is 0.00623. The lowest BCUT2D eigenvalue weighted by Crippen LogP contribution is -2.36. The number of carbonyl (C=O) groups excluding carboxylic acids is 1. The van der Waals surface area contributed by atoms with Crippen molar-refractivity contribution in [3.8, 4) is 0 Å². The van der Waals surface area contributed by atoms with Gasteiger partial charge in [0.05, 0.1) is 0 Å². The van der Waals surface area contributed by atoms with E-state index in [1.807, 2.05) is 24.3 Å². The number of hydrogen-bond donors (Lipinski definition) is 1. The summed E-state index contributed by atoms with van der Waals surface area (Å²) >= 11 is 0. The van der Waals surface area contributed by atoms with Crippen LogP contribution in [0.25, 0.3) is 0 Å². The van der Waals surface area contributed by atoms with Crippen LogP contribution in [0.3, 0.4) is 0 Å². The van der Waals surface area contributed by atoms with Crippen molar-refractivity contribution in [1.82, 2.24) is 5.32 Å². The van der Waals surface area contributed by atoms with E-state index >= 15 is 0 Å². The number of aryl methyl sites for hydroxylation is 1. The van der Waals surface area contributed by atoms with Crippen molar-refractivity contribution in [2.75, 3.05) is 6.54 Å². The zero-order chi connectivity index (χ0) is 16.0. The number of nitrogens with one attached hydrogen (secondary N) is 1. The van der Waals surface area contributed by atoms with Crippen LogP contribution in [0.15, 0.2) is 54.6 Å². The molecular weight excluding hydrogens is 277 g/mol. The Labute approximate surface area is 131 Å². The molecule has 0 spiro atoms. The summed E-state index contributed by atoms with van der Waals surface area (Å²) in [6.45, 7) is 4.80. The first-order valence-corrected chi connectivity index (χ1v) is 7.54. The van der Waals surface area contributed by atoms with Crippen LogP contribution in [-0.2, 0) is 16.6 Å². The number of hydrogen-bond acceptors (Lipinski definition) is 1. The zero-order valence-corrected chi connectivity index (χ0v) is 13.1. The standard InChI is InChI=1S/C19H22FNO/c1-19(2,16-8-4-3-5-9-16)14-21-18(22)12-11-15-7-6-10-17(20)13-15/h3-10,13H,11-12,14H2,1-2H3,(H,21,22). The summed E-state index contributed by atoms with van der Waals surface area (Å²) in [6.07, 6.45) is 0.920. The van der Waals surface area contributed by atoms with Crippen molar-refractivity contribution in [1.29, 1.82) is 0 Å². The lowest BCUT2D eigenvalue weighted by atomic mass is 9.84. The Hall–Kier alpha value is -2.16. The van der Waals surface area contributed by atoms with E-state index in [-0.39, 0.29) is 17.1 Å². The van der Waals surface area contributed by atoms with E-state index < -0.39 is 0 Å². The number of benzene rings is 2. The molecule has 0 atom stereocenters. The lowest BCUT2D eigenvalue weighted by molar-refractivity contribution is -0.121. The van der Waals surface area contributed by atoms with Gasteiger partial charge in [0.25, 0.3) is 0 Å². The predicted octanol–water partition coefficient (Wildman–Crippen LogP) is 3.85. The minimum atomic E-state index is -0.261. The Balaban J connectivity index is 1.82. The van der Waals surface area contributed by atoms with E-state index in [0.29, 0.717) is 19.4 Å². The quantitative estimate of drug-likeness (QED) is 0.862. The van der Waals surface area contributed by atoms with Gasteiger partial charge in [-0.15, -0.1) is 0 Å². The van der Waals surface area contributed by atoms with E-state index in [1.165, 1.54) is 17.7 Å². The average Bonchev–Trinajstić information content (AvgIpc) is 2.52. The summed E-state index contributed by atoms with van der Waals surface area (Å²) < 4.78 is 13.1. The van der Waals surface area contributed by atoms with Gasteiger partial charge >= 0.3 is 0 Å². The molecule has 2 aromatic rings. The van der Waals surface area contributed by atoms with Crippen LogP contribution in [0.4, 0.5) is 4.39 Å². The number of carbonyl (C=O) groups is 1.